The molecule has 394 valence electrons. The van der Waals surface area contributed by atoms with Gasteiger partial charge in [0.05, 0.1) is 0 Å². The Labute approximate surface area is 426 Å². The van der Waals surface area contributed by atoms with Gasteiger partial charge in [0.2, 0.25) is 0 Å². The molecule has 0 spiro atoms. The van der Waals surface area contributed by atoms with Crippen LogP contribution in [0.5, 0.6) is 0 Å². The highest BCUT2D eigenvalue weighted by molar-refractivity contribution is 5.71. The Bertz CT molecular complexity index is 1380. The van der Waals surface area contributed by atoms with Gasteiger partial charge in [-0.05, 0) is 116 Å². The van der Waals surface area contributed by atoms with Gasteiger partial charge in [-0.3, -0.25) is 14.4 Å². The smallest absolute Gasteiger partial charge is 0.306 e. The Kier molecular flexibility index (Phi) is 53.9. The molecule has 1 atom stereocenters. The molecule has 0 aliphatic rings. The molecule has 0 radical (unpaired) electrons. The lowest BCUT2D eigenvalue weighted by atomic mass is 10.1. The summed E-state index contributed by atoms with van der Waals surface area (Å²) in [6.45, 7) is 6.43. The Morgan fingerprint density at radius 2 is 0.594 bits per heavy atom. The zero-order valence-electron chi connectivity index (χ0n) is 45.0. The molecule has 0 aromatic heterocycles. The number of carbonyl (C=O) groups excluding carboxylic acids is 3. The summed E-state index contributed by atoms with van der Waals surface area (Å²) in [6.07, 6.45) is 75.3. The lowest BCUT2D eigenvalue weighted by Gasteiger charge is -2.18. The van der Waals surface area contributed by atoms with Crippen molar-refractivity contribution in [1.29, 1.82) is 0 Å². The van der Waals surface area contributed by atoms with E-state index in [0.29, 0.717) is 19.3 Å². The molecular formula is C63H106O6. The molecule has 69 heavy (non-hydrogen) atoms. The summed E-state index contributed by atoms with van der Waals surface area (Å²) in [4.78, 5) is 38.1. The van der Waals surface area contributed by atoms with Crippen LogP contribution in [-0.4, -0.2) is 37.2 Å². The Balaban J connectivity index is 4.42. The summed E-state index contributed by atoms with van der Waals surface area (Å²) in [6, 6.07) is 0. The fourth-order valence-corrected chi connectivity index (χ4v) is 7.74. The molecule has 0 aromatic rings. The number of ether oxygens (including phenoxy) is 3. The van der Waals surface area contributed by atoms with E-state index < -0.39 is 6.10 Å². The van der Waals surface area contributed by atoms with Crippen molar-refractivity contribution >= 4 is 17.9 Å². The summed E-state index contributed by atoms with van der Waals surface area (Å²) in [5, 5.41) is 0. The molecule has 0 bridgehead atoms. The zero-order chi connectivity index (χ0) is 50.0. The normalized spacial score (nSPS) is 12.8. The molecular weight excluding hydrogens is 853 g/mol. The maximum Gasteiger partial charge on any atom is 0.306 e. The largest absolute Gasteiger partial charge is 0.462 e. The van der Waals surface area contributed by atoms with E-state index in [2.05, 4.69) is 118 Å². The van der Waals surface area contributed by atoms with E-state index >= 15 is 0 Å². The molecule has 0 N–H and O–H groups in total. The number of hydrogen-bond acceptors (Lipinski definition) is 6. The molecule has 0 rings (SSSR count). The van der Waals surface area contributed by atoms with Crippen molar-refractivity contribution in [3.8, 4) is 0 Å². The SMILES string of the molecule is CC/C=C\C/C=C\C/C=C\CCCCCCCCCC(=O)OC(COC(=O)CCCCCCC/C=C\C/C=C\CCC)COC(=O)CCCCCCCC/C=C\C/C=C\C/C=C\CCCCCCC. The van der Waals surface area contributed by atoms with E-state index in [0.717, 1.165) is 135 Å². The zero-order valence-corrected chi connectivity index (χ0v) is 45.0. The second-order valence-corrected chi connectivity index (χ2v) is 18.8. The first kappa shape index (κ1) is 65.3. The predicted molar refractivity (Wildman–Crippen MR) is 297 cm³/mol. The molecule has 0 aliphatic heterocycles. The monoisotopic (exact) mass is 959 g/mol. The number of carbonyl (C=O) groups is 3. The molecule has 0 aromatic carbocycles. The number of unbranched alkanes of at least 4 members (excludes halogenated alkanes) is 24. The quantitative estimate of drug-likeness (QED) is 0.0262. The van der Waals surface area contributed by atoms with Crippen LogP contribution in [-0.2, 0) is 28.6 Å². The molecule has 0 saturated heterocycles. The van der Waals surface area contributed by atoms with Gasteiger partial charge in [-0.1, -0.05) is 227 Å². The van der Waals surface area contributed by atoms with E-state index in [-0.39, 0.29) is 31.1 Å². The third-order valence-corrected chi connectivity index (χ3v) is 12.0. The van der Waals surface area contributed by atoms with Gasteiger partial charge < -0.3 is 14.2 Å². The summed E-state index contributed by atoms with van der Waals surface area (Å²) in [7, 11) is 0. The third kappa shape index (κ3) is 55.1. The van der Waals surface area contributed by atoms with Crippen LogP contribution in [0.25, 0.3) is 0 Å². The van der Waals surface area contributed by atoms with E-state index in [1.165, 1.54) is 89.9 Å². The van der Waals surface area contributed by atoms with E-state index in [1.54, 1.807) is 0 Å². The summed E-state index contributed by atoms with van der Waals surface area (Å²) in [5.41, 5.74) is 0. The highest BCUT2D eigenvalue weighted by Gasteiger charge is 2.19. The van der Waals surface area contributed by atoms with Crippen LogP contribution in [0.2, 0.25) is 0 Å². The maximum absolute atomic E-state index is 12.9. The van der Waals surface area contributed by atoms with Gasteiger partial charge in [-0.15, -0.1) is 0 Å². The van der Waals surface area contributed by atoms with Gasteiger partial charge in [-0.2, -0.15) is 0 Å². The van der Waals surface area contributed by atoms with Crippen molar-refractivity contribution in [3.05, 3.63) is 97.2 Å². The van der Waals surface area contributed by atoms with Gasteiger partial charge in [0.25, 0.3) is 0 Å². The maximum atomic E-state index is 12.9. The van der Waals surface area contributed by atoms with Crippen molar-refractivity contribution in [2.75, 3.05) is 13.2 Å². The van der Waals surface area contributed by atoms with E-state index in [1.807, 2.05) is 0 Å². The van der Waals surface area contributed by atoms with Crippen molar-refractivity contribution in [2.45, 2.75) is 271 Å². The second-order valence-electron chi connectivity index (χ2n) is 18.8. The first-order valence-corrected chi connectivity index (χ1v) is 28.7. The summed E-state index contributed by atoms with van der Waals surface area (Å²) in [5.74, 6) is -0.927. The Morgan fingerprint density at radius 1 is 0.304 bits per heavy atom. The van der Waals surface area contributed by atoms with Crippen molar-refractivity contribution in [3.63, 3.8) is 0 Å². The average molecular weight is 960 g/mol. The van der Waals surface area contributed by atoms with Gasteiger partial charge >= 0.3 is 17.9 Å². The van der Waals surface area contributed by atoms with Gasteiger partial charge in [0.15, 0.2) is 6.10 Å². The molecule has 0 heterocycles. The highest BCUT2D eigenvalue weighted by atomic mass is 16.6. The van der Waals surface area contributed by atoms with Crippen molar-refractivity contribution in [1.82, 2.24) is 0 Å². The first-order chi connectivity index (χ1) is 34.0. The molecule has 0 amide bonds. The highest BCUT2D eigenvalue weighted by Crippen LogP contribution is 2.14. The number of hydrogen-bond donors (Lipinski definition) is 0. The van der Waals surface area contributed by atoms with Gasteiger partial charge in [0.1, 0.15) is 13.2 Å². The predicted octanol–water partition coefficient (Wildman–Crippen LogP) is 19.3. The van der Waals surface area contributed by atoms with Crippen LogP contribution >= 0.6 is 0 Å². The van der Waals surface area contributed by atoms with Crippen LogP contribution in [0.15, 0.2) is 97.2 Å². The minimum atomic E-state index is -0.796. The molecule has 1 unspecified atom stereocenters. The molecule has 6 heteroatoms. The molecule has 0 fully saturated rings. The minimum Gasteiger partial charge on any atom is -0.462 e. The topological polar surface area (TPSA) is 78.9 Å². The second kappa shape index (κ2) is 56.9. The third-order valence-electron chi connectivity index (χ3n) is 12.0. The van der Waals surface area contributed by atoms with Crippen LogP contribution in [0.3, 0.4) is 0 Å². The fraction of sp³-hybridized carbons (Fsp3) is 0.698. The van der Waals surface area contributed by atoms with E-state index in [4.69, 9.17) is 14.2 Å². The van der Waals surface area contributed by atoms with Crippen LogP contribution in [0, 0.1) is 0 Å². The van der Waals surface area contributed by atoms with Crippen LogP contribution in [0.4, 0.5) is 0 Å². The van der Waals surface area contributed by atoms with Crippen molar-refractivity contribution in [2.24, 2.45) is 0 Å². The summed E-state index contributed by atoms with van der Waals surface area (Å²) >= 11 is 0. The lowest BCUT2D eigenvalue weighted by molar-refractivity contribution is -0.167. The first-order valence-electron chi connectivity index (χ1n) is 28.7. The average Bonchev–Trinajstić information content (AvgIpc) is 3.35. The number of rotatable bonds is 51. The minimum absolute atomic E-state index is 0.0938. The molecule has 6 nitrogen and oxygen atoms in total. The standard InChI is InChI=1S/C63H106O6/c1-4-7-10-13-16-19-22-25-27-29-30-31-32-34-35-38-41-44-47-50-53-56-62(65)68-59-60(58-67-61(64)55-52-49-46-43-40-37-24-21-18-15-12-9-6-3)69-63(66)57-54-51-48-45-42-39-36-33-28-26-23-20-17-14-11-8-5-2/h8,11-12,15,17,20-22,24-26,28-30,32,34,60H,4-7,9-10,13-14,16,18-19,23,27,31,33,35-59H2,1-3H3/b11-8-,15-12-,20-17-,24-21-,25-22-,28-26-,30-29-,34-32-. The fourth-order valence-electron chi connectivity index (χ4n) is 7.74. The van der Waals surface area contributed by atoms with E-state index in [9.17, 15) is 14.4 Å². The summed E-state index contributed by atoms with van der Waals surface area (Å²) < 4.78 is 16.8. The molecule has 0 aliphatic carbocycles. The Morgan fingerprint density at radius 3 is 0.942 bits per heavy atom. The van der Waals surface area contributed by atoms with Gasteiger partial charge in [0, 0.05) is 19.3 Å². The number of esters is 3. The number of allylic oxidation sites excluding steroid dienone is 16. The molecule has 0 saturated carbocycles. The lowest BCUT2D eigenvalue weighted by Crippen LogP contribution is -2.30. The van der Waals surface area contributed by atoms with Gasteiger partial charge in [-0.25, -0.2) is 0 Å². The van der Waals surface area contributed by atoms with Crippen LogP contribution in [0.1, 0.15) is 265 Å². The Hall–Kier alpha value is -3.67. The van der Waals surface area contributed by atoms with Crippen LogP contribution < -0.4 is 0 Å². The van der Waals surface area contributed by atoms with Crippen molar-refractivity contribution < 1.29 is 28.6 Å².